The molecule has 0 aromatic heterocycles. The third-order valence-corrected chi connectivity index (χ3v) is 21.6. The Bertz CT molecular complexity index is 2620. The molecule has 9 heteroatoms. The van der Waals surface area contributed by atoms with Crippen LogP contribution in [0.4, 0.5) is 0 Å². The summed E-state index contributed by atoms with van der Waals surface area (Å²) in [5.74, 6) is 7.11. The van der Waals surface area contributed by atoms with Gasteiger partial charge in [-0.3, -0.25) is 0 Å². The van der Waals surface area contributed by atoms with Crippen molar-refractivity contribution >= 4 is 15.9 Å². The van der Waals surface area contributed by atoms with Crippen molar-refractivity contribution < 1.29 is 37.9 Å². The Balaban J connectivity index is 1.25. The summed E-state index contributed by atoms with van der Waals surface area (Å²) in [6.07, 6.45) is 49.9. The molecule has 8 bridgehead atoms. The molecule has 4 aromatic carbocycles. The van der Waals surface area contributed by atoms with Crippen LogP contribution in [0.2, 0.25) is 0 Å². The third kappa shape index (κ3) is 17.7. The van der Waals surface area contributed by atoms with Crippen LogP contribution in [0.15, 0.2) is 24.3 Å². The molecule has 89 heavy (non-hydrogen) atoms. The van der Waals surface area contributed by atoms with Crippen molar-refractivity contribution in [2.24, 2.45) is 0 Å². The summed E-state index contributed by atoms with van der Waals surface area (Å²) in [4.78, 5) is 0. The SMILES string of the molecule is CCCCCCCCCCCC1c2cc3c4c(C)c2OCOc2c1cc1c(c2C)OCOc2c(cc5c(c2CBr)OCOc2c(cc(c(c2C)OCO4)C3CCCCCCCCCCC)C5CCCCCCCCCCC)C1CCCCCCCCCCC. The van der Waals surface area contributed by atoms with Gasteiger partial charge in [0, 0.05) is 95.8 Å². The van der Waals surface area contributed by atoms with Crippen LogP contribution in [-0.4, -0.2) is 27.2 Å². The van der Waals surface area contributed by atoms with Crippen LogP contribution in [0.5, 0.6) is 46.0 Å². The number of hydrogen-bond donors (Lipinski definition) is 0. The molecule has 0 fully saturated rings. The summed E-state index contributed by atoms with van der Waals surface area (Å²) in [6.45, 7) is 16.3. The standard InChI is InChI=1S/C80H119BrO8/c1-8-12-16-20-24-28-32-36-40-44-60-64-48-65-61(45-41-37-33-29-25-21-17-13-9-2)67-50-69-63(47-43-39-35-31-27-23-19-15-11-4)71-51-70-62(46-42-38-34-30-26-22-18-14-10-3)68-49-66(60)75-58(6)77(68)86-55-88-79(70)72(52-81)80(71)89-56-87-78(69)59(7)76(67)85-54-83-74(65)57(5)73(64)82-53-84-75/h48-51,60-63H,8-47,52-56H2,1-7H3. The summed E-state index contributed by atoms with van der Waals surface area (Å²) in [6, 6.07) is 10.3. The highest BCUT2D eigenvalue weighted by Gasteiger charge is 2.40. The summed E-state index contributed by atoms with van der Waals surface area (Å²) >= 11 is 4.10. The Morgan fingerprint density at radius 1 is 0.258 bits per heavy atom. The zero-order valence-corrected chi connectivity index (χ0v) is 58.7. The van der Waals surface area contributed by atoms with Gasteiger partial charge in [-0.05, 0) is 70.7 Å². The largest absolute Gasteiger partial charge is 0.457 e. The molecule has 5 aliphatic rings. The van der Waals surface area contributed by atoms with Gasteiger partial charge in [0.15, 0.2) is 0 Å². The van der Waals surface area contributed by atoms with E-state index in [1.165, 1.54) is 250 Å². The second-order valence-electron chi connectivity index (χ2n) is 27.6. The third-order valence-electron chi connectivity index (χ3n) is 21.1. The Kier molecular flexibility index (Phi) is 28.6. The van der Waals surface area contributed by atoms with Gasteiger partial charge >= 0.3 is 0 Å². The maximum Gasteiger partial charge on any atom is 0.230 e. The first kappa shape index (κ1) is 69.1. The summed E-state index contributed by atoms with van der Waals surface area (Å²) in [7, 11) is 0. The number of halogens is 1. The van der Waals surface area contributed by atoms with E-state index in [4.69, 9.17) is 37.9 Å². The number of hydrogen-bond acceptors (Lipinski definition) is 8. The van der Waals surface area contributed by atoms with E-state index in [2.05, 4.69) is 88.7 Å². The molecule has 0 amide bonds. The molecule has 0 saturated heterocycles. The van der Waals surface area contributed by atoms with Crippen molar-refractivity contribution in [1.82, 2.24) is 0 Å². The van der Waals surface area contributed by atoms with Gasteiger partial charge in [-0.2, -0.15) is 0 Å². The fourth-order valence-corrected chi connectivity index (χ4v) is 16.6. The van der Waals surface area contributed by atoms with Gasteiger partial charge < -0.3 is 37.9 Å². The number of alkyl halides is 1. The molecule has 0 radical (unpaired) electrons. The highest BCUT2D eigenvalue weighted by molar-refractivity contribution is 9.08. The molecule has 0 saturated carbocycles. The van der Waals surface area contributed by atoms with Gasteiger partial charge in [-0.1, -0.05) is 275 Å². The first-order valence-corrected chi connectivity index (χ1v) is 38.3. The van der Waals surface area contributed by atoms with Crippen molar-refractivity contribution in [3.8, 4) is 46.0 Å². The lowest BCUT2D eigenvalue weighted by Crippen LogP contribution is -2.24. The van der Waals surface area contributed by atoms with Crippen molar-refractivity contribution in [3.05, 3.63) is 91.0 Å². The highest BCUT2D eigenvalue weighted by Crippen LogP contribution is 2.58. The molecular weight excluding hydrogens is 1170 g/mol. The van der Waals surface area contributed by atoms with Gasteiger partial charge in [0.1, 0.15) is 46.0 Å². The summed E-state index contributed by atoms with van der Waals surface area (Å²) in [5, 5.41) is 0.572. The van der Waals surface area contributed by atoms with Gasteiger partial charge in [-0.25, -0.2) is 0 Å². The average Bonchev–Trinajstić information content (AvgIpc) is 0.761. The Labute approximate surface area is 549 Å². The first-order valence-electron chi connectivity index (χ1n) is 37.1. The van der Waals surface area contributed by atoms with Crippen LogP contribution in [0, 0.1) is 20.8 Å². The van der Waals surface area contributed by atoms with Crippen LogP contribution in [-0.2, 0) is 5.33 Å². The van der Waals surface area contributed by atoms with Crippen LogP contribution < -0.4 is 37.9 Å². The summed E-state index contributed by atoms with van der Waals surface area (Å²) in [5.41, 5.74) is 14.2. The minimum absolute atomic E-state index is 0.00127. The molecule has 4 aromatic rings. The topological polar surface area (TPSA) is 73.8 Å². The average molecular weight is 1290 g/mol. The predicted octanol–water partition coefficient (Wildman–Crippen LogP) is 24.9. The molecule has 4 aliphatic heterocycles. The van der Waals surface area contributed by atoms with Crippen LogP contribution in [0.3, 0.4) is 0 Å². The first-order chi connectivity index (χ1) is 43.8. The predicted molar refractivity (Wildman–Crippen MR) is 372 cm³/mol. The molecule has 0 N–H and O–H groups in total. The van der Waals surface area contributed by atoms with Crippen molar-refractivity contribution in [2.75, 3.05) is 27.2 Å². The molecule has 9 rings (SSSR count). The lowest BCUT2D eigenvalue weighted by Gasteiger charge is -2.37. The summed E-state index contributed by atoms with van der Waals surface area (Å²) < 4.78 is 56.5. The monoisotopic (exact) mass is 1290 g/mol. The molecule has 4 atom stereocenters. The Morgan fingerprint density at radius 3 is 0.618 bits per heavy atom. The Hall–Kier alpha value is -4.24. The van der Waals surface area contributed by atoms with E-state index in [1.54, 1.807) is 0 Å². The van der Waals surface area contributed by atoms with Crippen LogP contribution >= 0.6 is 15.9 Å². The van der Waals surface area contributed by atoms with E-state index >= 15 is 0 Å². The molecular formula is C80H119BrO8. The van der Waals surface area contributed by atoms with E-state index in [-0.39, 0.29) is 50.8 Å². The number of benzene rings is 4. The Morgan fingerprint density at radius 2 is 0.427 bits per heavy atom. The molecule has 4 unspecified atom stereocenters. The zero-order valence-electron chi connectivity index (χ0n) is 57.1. The number of ether oxygens (including phenoxy) is 8. The quantitative estimate of drug-likeness (QED) is 0.0321. The van der Waals surface area contributed by atoms with Gasteiger partial charge in [0.05, 0.1) is 0 Å². The zero-order chi connectivity index (χ0) is 62.2. The minimum Gasteiger partial charge on any atom is -0.457 e. The molecule has 4 heterocycles. The van der Waals surface area contributed by atoms with E-state index in [1.807, 2.05) is 0 Å². The van der Waals surface area contributed by atoms with Gasteiger partial charge in [0.2, 0.25) is 27.2 Å². The highest BCUT2D eigenvalue weighted by atomic mass is 79.9. The van der Waals surface area contributed by atoms with Crippen molar-refractivity contribution in [3.63, 3.8) is 0 Å². The van der Waals surface area contributed by atoms with Gasteiger partial charge in [0.25, 0.3) is 0 Å². The lowest BCUT2D eigenvalue weighted by atomic mass is 9.74. The second-order valence-corrected chi connectivity index (χ2v) is 28.2. The maximum atomic E-state index is 7.09. The van der Waals surface area contributed by atoms with E-state index in [0.29, 0.717) is 5.33 Å². The number of unbranched alkanes of at least 4 members (excludes halogenated alkanes) is 32. The van der Waals surface area contributed by atoms with E-state index < -0.39 is 0 Å². The normalized spacial score (nSPS) is 17.6. The van der Waals surface area contributed by atoms with E-state index in [0.717, 1.165) is 120 Å². The number of rotatable bonds is 41. The lowest BCUT2D eigenvalue weighted by molar-refractivity contribution is 0.0955. The van der Waals surface area contributed by atoms with E-state index in [9.17, 15) is 0 Å². The second kappa shape index (κ2) is 36.9. The smallest absolute Gasteiger partial charge is 0.230 e. The molecule has 494 valence electrons. The van der Waals surface area contributed by atoms with Crippen LogP contribution in [0.1, 0.15) is 375 Å². The van der Waals surface area contributed by atoms with Gasteiger partial charge in [-0.15, -0.1) is 0 Å². The minimum atomic E-state index is -0.0126. The maximum absolute atomic E-state index is 7.09. The molecule has 0 spiro atoms. The molecule has 8 nitrogen and oxygen atoms in total. The van der Waals surface area contributed by atoms with Crippen molar-refractivity contribution in [2.45, 2.75) is 334 Å². The molecule has 1 aliphatic carbocycles. The van der Waals surface area contributed by atoms with Crippen LogP contribution in [0.25, 0.3) is 0 Å². The van der Waals surface area contributed by atoms with Crippen molar-refractivity contribution in [1.29, 1.82) is 0 Å². The fourth-order valence-electron chi connectivity index (χ4n) is 16.1. The fraction of sp³-hybridized carbons (Fsp3) is 0.700.